The van der Waals surface area contributed by atoms with Crippen molar-refractivity contribution in [1.82, 2.24) is 0 Å². The molecule has 23 heavy (non-hydrogen) atoms. The maximum Gasteiger partial charge on any atom is 0.303 e. The fourth-order valence-corrected chi connectivity index (χ4v) is 2.55. The number of benzene rings is 2. The number of carboxylic acid groups (broad SMARTS) is 1. The number of carboxylic acids is 1. The summed E-state index contributed by atoms with van der Waals surface area (Å²) in [6.45, 7) is 2.84. The Hall–Kier alpha value is -2.01. The van der Waals surface area contributed by atoms with E-state index in [4.69, 9.17) is 14.6 Å². The van der Waals surface area contributed by atoms with E-state index >= 15 is 0 Å². The van der Waals surface area contributed by atoms with Gasteiger partial charge in [0.25, 0.3) is 0 Å². The van der Waals surface area contributed by atoms with Crippen LogP contribution in [0.5, 0.6) is 11.5 Å². The highest BCUT2D eigenvalue weighted by Crippen LogP contribution is 2.24. The second-order valence-corrected chi connectivity index (χ2v) is 6.07. The summed E-state index contributed by atoms with van der Waals surface area (Å²) in [6, 6.07) is 13.4. The standard InChI is InChI=1S/C18H19BrO4/c1-13-3-2-4-16(11-13)22-9-10-23-17-7-6-15(19)12-14(17)5-8-18(20)21/h2-4,6-7,11-12H,5,8-10H2,1H3,(H,20,21). The number of rotatable bonds is 8. The highest BCUT2D eigenvalue weighted by Gasteiger charge is 2.07. The SMILES string of the molecule is Cc1cccc(OCCOc2ccc(Br)cc2CCC(=O)O)c1. The molecule has 2 aromatic carbocycles. The lowest BCUT2D eigenvalue weighted by atomic mass is 10.1. The van der Waals surface area contributed by atoms with Gasteiger partial charge in [-0.05, 0) is 54.8 Å². The Morgan fingerprint density at radius 2 is 1.91 bits per heavy atom. The van der Waals surface area contributed by atoms with Crippen molar-refractivity contribution in [2.24, 2.45) is 0 Å². The molecule has 0 spiro atoms. The highest BCUT2D eigenvalue weighted by molar-refractivity contribution is 9.10. The first-order chi connectivity index (χ1) is 11.0. The fraction of sp³-hybridized carbons (Fsp3) is 0.278. The maximum atomic E-state index is 10.7. The molecule has 0 radical (unpaired) electrons. The zero-order valence-electron chi connectivity index (χ0n) is 12.9. The molecule has 0 aliphatic carbocycles. The van der Waals surface area contributed by atoms with Gasteiger partial charge in [-0.2, -0.15) is 0 Å². The first-order valence-corrected chi connectivity index (χ1v) is 8.16. The summed E-state index contributed by atoms with van der Waals surface area (Å²) in [6.07, 6.45) is 0.509. The molecule has 0 amide bonds. The van der Waals surface area contributed by atoms with E-state index in [0.29, 0.717) is 25.4 Å². The Labute approximate surface area is 144 Å². The summed E-state index contributed by atoms with van der Waals surface area (Å²) in [4.78, 5) is 10.7. The molecule has 5 heteroatoms. The topological polar surface area (TPSA) is 55.8 Å². The van der Waals surface area contributed by atoms with Gasteiger partial charge < -0.3 is 14.6 Å². The van der Waals surface area contributed by atoms with Crippen LogP contribution >= 0.6 is 15.9 Å². The van der Waals surface area contributed by atoms with Gasteiger partial charge in [-0.3, -0.25) is 4.79 Å². The lowest BCUT2D eigenvalue weighted by Crippen LogP contribution is -2.10. The first kappa shape index (κ1) is 17.3. The van der Waals surface area contributed by atoms with Gasteiger partial charge in [-0.15, -0.1) is 0 Å². The minimum absolute atomic E-state index is 0.0760. The zero-order valence-corrected chi connectivity index (χ0v) is 14.5. The number of aliphatic carboxylic acids is 1. The van der Waals surface area contributed by atoms with Crippen LogP contribution in [0.2, 0.25) is 0 Å². The first-order valence-electron chi connectivity index (χ1n) is 7.37. The third-order valence-corrected chi connectivity index (χ3v) is 3.72. The molecule has 0 saturated carbocycles. The molecule has 2 rings (SSSR count). The lowest BCUT2D eigenvalue weighted by Gasteiger charge is -2.12. The summed E-state index contributed by atoms with van der Waals surface area (Å²) < 4.78 is 12.3. The van der Waals surface area contributed by atoms with Gasteiger partial charge in [0, 0.05) is 10.9 Å². The lowest BCUT2D eigenvalue weighted by molar-refractivity contribution is -0.136. The van der Waals surface area contributed by atoms with Crippen LogP contribution in [0.15, 0.2) is 46.9 Å². The quantitative estimate of drug-likeness (QED) is 0.698. The third kappa shape index (κ3) is 5.94. The van der Waals surface area contributed by atoms with Crippen molar-refractivity contribution in [3.63, 3.8) is 0 Å². The van der Waals surface area contributed by atoms with Gasteiger partial charge in [0.15, 0.2) is 0 Å². The number of hydrogen-bond acceptors (Lipinski definition) is 3. The van der Waals surface area contributed by atoms with Crippen LogP contribution in [-0.2, 0) is 11.2 Å². The van der Waals surface area contributed by atoms with Gasteiger partial charge in [0.1, 0.15) is 24.7 Å². The predicted molar refractivity (Wildman–Crippen MR) is 92.3 cm³/mol. The van der Waals surface area contributed by atoms with Gasteiger partial charge >= 0.3 is 5.97 Å². The van der Waals surface area contributed by atoms with Crippen molar-refractivity contribution in [3.05, 3.63) is 58.1 Å². The molecule has 0 bridgehead atoms. The fourth-order valence-electron chi connectivity index (χ4n) is 2.14. The zero-order chi connectivity index (χ0) is 16.7. The molecule has 2 aromatic rings. The Bertz CT molecular complexity index is 670. The van der Waals surface area contributed by atoms with Crippen LogP contribution in [0.3, 0.4) is 0 Å². The Morgan fingerprint density at radius 1 is 1.13 bits per heavy atom. The van der Waals surface area contributed by atoms with E-state index in [0.717, 1.165) is 21.3 Å². The van der Waals surface area contributed by atoms with Crippen LogP contribution in [0.1, 0.15) is 17.5 Å². The molecular formula is C18H19BrO4. The average Bonchev–Trinajstić information content (AvgIpc) is 2.51. The summed E-state index contributed by atoms with van der Waals surface area (Å²) in [7, 11) is 0. The van der Waals surface area contributed by atoms with E-state index in [9.17, 15) is 4.79 Å². The van der Waals surface area contributed by atoms with Crippen molar-refractivity contribution in [1.29, 1.82) is 0 Å². The predicted octanol–water partition coefficient (Wildman–Crippen LogP) is 4.23. The van der Waals surface area contributed by atoms with Crippen LogP contribution in [0.25, 0.3) is 0 Å². The third-order valence-electron chi connectivity index (χ3n) is 3.23. The average molecular weight is 379 g/mol. The monoisotopic (exact) mass is 378 g/mol. The minimum Gasteiger partial charge on any atom is -0.490 e. The van der Waals surface area contributed by atoms with Crippen molar-refractivity contribution >= 4 is 21.9 Å². The molecule has 4 nitrogen and oxygen atoms in total. The van der Waals surface area contributed by atoms with Crippen LogP contribution in [0.4, 0.5) is 0 Å². The van der Waals surface area contributed by atoms with E-state index in [-0.39, 0.29) is 6.42 Å². The van der Waals surface area contributed by atoms with Crippen LogP contribution < -0.4 is 9.47 Å². The molecule has 0 fully saturated rings. The van der Waals surface area contributed by atoms with Crippen LogP contribution in [0, 0.1) is 6.92 Å². The van der Waals surface area contributed by atoms with E-state index in [2.05, 4.69) is 15.9 Å². The van der Waals surface area contributed by atoms with Crippen molar-refractivity contribution in [3.8, 4) is 11.5 Å². The molecule has 0 atom stereocenters. The Morgan fingerprint density at radius 3 is 2.65 bits per heavy atom. The molecule has 0 aliphatic rings. The highest BCUT2D eigenvalue weighted by atomic mass is 79.9. The number of halogens is 1. The molecular weight excluding hydrogens is 360 g/mol. The molecule has 0 aromatic heterocycles. The molecule has 0 unspecified atom stereocenters. The van der Waals surface area contributed by atoms with Gasteiger partial charge in [0.05, 0.1) is 0 Å². The largest absolute Gasteiger partial charge is 0.490 e. The second kappa shape index (κ2) is 8.58. The summed E-state index contributed by atoms with van der Waals surface area (Å²) in [5.41, 5.74) is 2.02. The number of aryl methyl sites for hydroxylation is 2. The second-order valence-electron chi connectivity index (χ2n) is 5.16. The number of ether oxygens (including phenoxy) is 2. The minimum atomic E-state index is -0.821. The molecule has 0 aliphatic heterocycles. The Balaban J connectivity index is 1.88. The summed E-state index contributed by atoms with van der Waals surface area (Å²) in [5, 5.41) is 8.83. The van der Waals surface area contributed by atoms with E-state index in [1.807, 2.05) is 49.4 Å². The van der Waals surface area contributed by atoms with Crippen molar-refractivity contribution < 1.29 is 19.4 Å². The molecule has 122 valence electrons. The van der Waals surface area contributed by atoms with Crippen LogP contribution in [-0.4, -0.2) is 24.3 Å². The maximum absolute atomic E-state index is 10.7. The van der Waals surface area contributed by atoms with E-state index in [1.165, 1.54) is 0 Å². The number of hydrogen-bond donors (Lipinski definition) is 1. The Kier molecular flexibility index (Phi) is 6.47. The summed E-state index contributed by atoms with van der Waals surface area (Å²) in [5.74, 6) is 0.691. The van der Waals surface area contributed by atoms with Gasteiger partial charge in [-0.25, -0.2) is 0 Å². The normalized spacial score (nSPS) is 10.3. The van der Waals surface area contributed by atoms with Crippen molar-refractivity contribution in [2.75, 3.05) is 13.2 Å². The smallest absolute Gasteiger partial charge is 0.303 e. The van der Waals surface area contributed by atoms with E-state index in [1.54, 1.807) is 0 Å². The van der Waals surface area contributed by atoms with Gasteiger partial charge in [0.2, 0.25) is 0 Å². The molecule has 1 N–H and O–H groups in total. The molecule has 0 heterocycles. The van der Waals surface area contributed by atoms with E-state index < -0.39 is 5.97 Å². The summed E-state index contributed by atoms with van der Waals surface area (Å²) >= 11 is 3.39. The van der Waals surface area contributed by atoms with Gasteiger partial charge in [-0.1, -0.05) is 28.1 Å². The molecule has 0 saturated heterocycles. The number of carbonyl (C=O) groups is 1. The van der Waals surface area contributed by atoms with Crippen molar-refractivity contribution in [2.45, 2.75) is 19.8 Å².